The number of nitrogens with zero attached hydrogens (tertiary/aromatic N) is 1. The van der Waals surface area contributed by atoms with Crippen molar-refractivity contribution in [2.24, 2.45) is 0 Å². The van der Waals surface area contributed by atoms with Crippen LogP contribution in [-0.4, -0.2) is 18.2 Å². The molecule has 0 saturated heterocycles. The zero-order valence-electron chi connectivity index (χ0n) is 9.87. The van der Waals surface area contributed by atoms with Gasteiger partial charge in [0.1, 0.15) is 19.0 Å². The molecule has 0 fully saturated rings. The van der Waals surface area contributed by atoms with Crippen LogP contribution in [-0.2, 0) is 0 Å². The van der Waals surface area contributed by atoms with Crippen LogP contribution in [0.3, 0.4) is 0 Å². The number of nitrogens with two attached hydrogens (primary N) is 2. The van der Waals surface area contributed by atoms with Crippen LogP contribution in [0.1, 0.15) is 0 Å². The number of benzene rings is 1. The molecular weight excluding hydrogens is 230 g/mol. The van der Waals surface area contributed by atoms with E-state index < -0.39 is 0 Å². The van der Waals surface area contributed by atoms with Gasteiger partial charge in [0.25, 0.3) is 0 Å². The summed E-state index contributed by atoms with van der Waals surface area (Å²) in [6.45, 7) is 0.835. The lowest BCUT2D eigenvalue weighted by Gasteiger charge is -2.08. The molecule has 0 atom stereocenters. The van der Waals surface area contributed by atoms with E-state index in [-0.39, 0.29) is 5.82 Å². The fraction of sp³-hybridized carbons (Fsp3) is 0.154. The molecular formula is C13H15N3O2. The monoisotopic (exact) mass is 245 g/mol. The Morgan fingerprint density at radius 1 is 0.889 bits per heavy atom. The molecule has 0 radical (unpaired) electrons. The molecule has 4 N–H and O–H groups in total. The van der Waals surface area contributed by atoms with Crippen LogP contribution in [0.5, 0.6) is 11.6 Å². The summed E-state index contributed by atoms with van der Waals surface area (Å²) in [6, 6.07) is 12.9. The summed E-state index contributed by atoms with van der Waals surface area (Å²) in [5.74, 6) is 1.53. The third kappa shape index (κ3) is 3.28. The van der Waals surface area contributed by atoms with Gasteiger partial charge in [-0.25, -0.2) is 0 Å². The maximum Gasteiger partial charge on any atom is 0.215 e. The summed E-state index contributed by atoms with van der Waals surface area (Å²) in [4.78, 5) is 3.99. The van der Waals surface area contributed by atoms with Crippen molar-refractivity contribution in [2.75, 3.05) is 24.7 Å². The van der Waals surface area contributed by atoms with Gasteiger partial charge < -0.3 is 20.9 Å². The number of para-hydroxylation sites is 1. The molecule has 94 valence electrons. The van der Waals surface area contributed by atoms with E-state index in [1.807, 2.05) is 30.3 Å². The quantitative estimate of drug-likeness (QED) is 0.783. The lowest BCUT2D eigenvalue weighted by Crippen LogP contribution is -2.10. The van der Waals surface area contributed by atoms with Gasteiger partial charge in [-0.05, 0) is 18.2 Å². The minimum atomic E-state index is 0.275. The van der Waals surface area contributed by atoms with Gasteiger partial charge in [0.05, 0.1) is 5.69 Å². The van der Waals surface area contributed by atoms with Gasteiger partial charge in [0.15, 0.2) is 5.82 Å². The molecule has 18 heavy (non-hydrogen) atoms. The third-order valence-electron chi connectivity index (χ3n) is 2.28. The van der Waals surface area contributed by atoms with Crippen LogP contribution in [0, 0.1) is 0 Å². The molecule has 1 aromatic carbocycles. The maximum atomic E-state index is 5.57. The fourth-order valence-electron chi connectivity index (χ4n) is 1.37. The van der Waals surface area contributed by atoms with Crippen molar-refractivity contribution in [3.63, 3.8) is 0 Å². The standard InChI is InChI=1S/C13H15N3O2/c14-11-6-7-12(16-13(11)15)18-9-8-17-10-4-2-1-3-5-10/h1-7H,8-9,14H2,(H2,15,16). The SMILES string of the molecule is Nc1ccc(OCCOc2ccccc2)nc1N. The van der Waals surface area contributed by atoms with Gasteiger partial charge in [-0.3, -0.25) is 0 Å². The molecule has 1 heterocycles. The van der Waals surface area contributed by atoms with Gasteiger partial charge in [-0.1, -0.05) is 18.2 Å². The van der Waals surface area contributed by atoms with Crippen LogP contribution in [0.15, 0.2) is 42.5 Å². The number of nitrogen functional groups attached to an aromatic ring is 2. The Hall–Kier alpha value is -2.43. The largest absolute Gasteiger partial charge is 0.490 e. The van der Waals surface area contributed by atoms with Crippen molar-refractivity contribution in [3.8, 4) is 11.6 Å². The Labute approximate surface area is 105 Å². The van der Waals surface area contributed by atoms with E-state index in [0.29, 0.717) is 24.8 Å². The van der Waals surface area contributed by atoms with Gasteiger partial charge in [0, 0.05) is 6.07 Å². The number of pyridine rings is 1. The Morgan fingerprint density at radius 2 is 1.61 bits per heavy atom. The Morgan fingerprint density at radius 3 is 2.33 bits per heavy atom. The minimum Gasteiger partial charge on any atom is -0.490 e. The molecule has 1 aromatic heterocycles. The predicted octanol–water partition coefficient (Wildman–Crippen LogP) is 1.70. The smallest absolute Gasteiger partial charge is 0.215 e. The second kappa shape index (κ2) is 5.77. The highest BCUT2D eigenvalue weighted by atomic mass is 16.5. The zero-order valence-corrected chi connectivity index (χ0v) is 9.87. The second-order valence-corrected chi connectivity index (χ2v) is 3.63. The molecule has 0 amide bonds. The molecule has 5 heteroatoms. The van der Waals surface area contributed by atoms with Gasteiger partial charge in [0.2, 0.25) is 5.88 Å². The summed E-state index contributed by atoms with van der Waals surface area (Å²) in [7, 11) is 0. The average Bonchev–Trinajstić information content (AvgIpc) is 2.40. The first-order valence-corrected chi connectivity index (χ1v) is 5.58. The lowest BCUT2D eigenvalue weighted by molar-refractivity contribution is 0.212. The Kier molecular flexibility index (Phi) is 3.86. The van der Waals surface area contributed by atoms with Crippen molar-refractivity contribution < 1.29 is 9.47 Å². The second-order valence-electron chi connectivity index (χ2n) is 3.63. The molecule has 0 spiro atoms. The van der Waals surface area contributed by atoms with E-state index >= 15 is 0 Å². The highest BCUT2D eigenvalue weighted by molar-refractivity contribution is 5.58. The first kappa shape index (κ1) is 12.0. The molecule has 0 bridgehead atoms. The van der Waals surface area contributed by atoms with Crippen molar-refractivity contribution in [2.45, 2.75) is 0 Å². The summed E-state index contributed by atoms with van der Waals surface area (Å²) in [5, 5.41) is 0. The van der Waals surface area contributed by atoms with Crippen molar-refractivity contribution in [1.82, 2.24) is 4.98 Å². The summed E-state index contributed by atoms with van der Waals surface area (Å²) in [6.07, 6.45) is 0. The number of hydrogen-bond donors (Lipinski definition) is 2. The number of ether oxygens (including phenoxy) is 2. The van der Waals surface area contributed by atoms with E-state index in [9.17, 15) is 0 Å². The maximum absolute atomic E-state index is 5.57. The van der Waals surface area contributed by atoms with E-state index in [1.165, 1.54) is 0 Å². The molecule has 0 saturated carbocycles. The van der Waals surface area contributed by atoms with Gasteiger partial charge >= 0.3 is 0 Å². The fourth-order valence-corrected chi connectivity index (χ4v) is 1.37. The topological polar surface area (TPSA) is 83.4 Å². The average molecular weight is 245 g/mol. The normalized spacial score (nSPS) is 10.0. The van der Waals surface area contributed by atoms with Crippen LogP contribution in [0.2, 0.25) is 0 Å². The first-order valence-electron chi connectivity index (χ1n) is 5.58. The lowest BCUT2D eigenvalue weighted by atomic mass is 10.3. The minimum absolute atomic E-state index is 0.275. The van der Waals surface area contributed by atoms with E-state index in [4.69, 9.17) is 20.9 Å². The number of rotatable bonds is 5. The van der Waals surface area contributed by atoms with Crippen LogP contribution in [0.4, 0.5) is 11.5 Å². The van der Waals surface area contributed by atoms with E-state index in [0.717, 1.165) is 5.75 Å². The molecule has 0 unspecified atom stereocenters. The third-order valence-corrected chi connectivity index (χ3v) is 2.28. The highest BCUT2D eigenvalue weighted by Crippen LogP contribution is 2.16. The van der Waals surface area contributed by atoms with Crippen molar-refractivity contribution >= 4 is 11.5 Å². The Bertz CT molecular complexity index is 503. The highest BCUT2D eigenvalue weighted by Gasteiger charge is 2.00. The molecule has 5 nitrogen and oxygen atoms in total. The van der Waals surface area contributed by atoms with Crippen LogP contribution >= 0.6 is 0 Å². The number of anilines is 2. The van der Waals surface area contributed by atoms with E-state index in [1.54, 1.807) is 12.1 Å². The molecule has 2 rings (SSSR count). The van der Waals surface area contributed by atoms with Gasteiger partial charge in [-0.15, -0.1) is 0 Å². The molecule has 2 aromatic rings. The predicted molar refractivity (Wildman–Crippen MR) is 70.5 cm³/mol. The van der Waals surface area contributed by atoms with Crippen LogP contribution < -0.4 is 20.9 Å². The summed E-state index contributed by atoms with van der Waals surface area (Å²) in [5.41, 5.74) is 11.6. The Balaban J connectivity index is 1.77. The zero-order chi connectivity index (χ0) is 12.8. The number of hydrogen-bond acceptors (Lipinski definition) is 5. The molecule has 0 aliphatic rings. The number of aromatic nitrogens is 1. The molecule has 0 aliphatic heterocycles. The van der Waals surface area contributed by atoms with Crippen molar-refractivity contribution in [1.29, 1.82) is 0 Å². The first-order chi connectivity index (χ1) is 8.75. The summed E-state index contributed by atoms with van der Waals surface area (Å²) < 4.78 is 10.9. The van der Waals surface area contributed by atoms with Gasteiger partial charge in [-0.2, -0.15) is 4.98 Å². The van der Waals surface area contributed by atoms with E-state index in [2.05, 4.69) is 4.98 Å². The van der Waals surface area contributed by atoms with Crippen molar-refractivity contribution in [3.05, 3.63) is 42.5 Å². The summed E-state index contributed by atoms with van der Waals surface area (Å²) >= 11 is 0. The molecule has 0 aliphatic carbocycles. The van der Waals surface area contributed by atoms with Crippen LogP contribution in [0.25, 0.3) is 0 Å².